The van der Waals surface area contributed by atoms with Crippen molar-refractivity contribution in [3.05, 3.63) is 65.7 Å². The highest BCUT2D eigenvalue weighted by Crippen LogP contribution is 2.30. The van der Waals surface area contributed by atoms with Crippen molar-refractivity contribution in [2.75, 3.05) is 13.2 Å². The second-order valence-corrected chi connectivity index (χ2v) is 4.54. The minimum absolute atomic E-state index is 0.225. The van der Waals surface area contributed by atoms with E-state index in [0.29, 0.717) is 0 Å². The third kappa shape index (κ3) is 2.24. The smallest absolute Gasteiger partial charge is 0.124 e. The lowest BCUT2D eigenvalue weighted by Crippen LogP contribution is -2.27. The molecule has 0 fully saturated rings. The highest BCUT2D eigenvalue weighted by Gasteiger charge is 2.18. The highest BCUT2D eigenvalue weighted by atomic mass is 16.5. The van der Waals surface area contributed by atoms with E-state index < -0.39 is 0 Å². The molecule has 92 valence electrons. The van der Waals surface area contributed by atoms with Crippen molar-refractivity contribution in [1.29, 1.82) is 0 Å². The van der Waals surface area contributed by atoms with Crippen LogP contribution in [0.4, 0.5) is 0 Å². The molecule has 2 heteroatoms. The molecule has 0 spiro atoms. The van der Waals surface area contributed by atoms with E-state index in [0.717, 1.165) is 25.3 Å². The summed E-state index contributed by atoms with van der Waals surface area (Å²) in [6.45, 7) is 1.76. The summed E-state index contributed by atoms with van der Waals surface area (Å²) in [5.41, 5.74) is 2.51. The maximum atomic E-state index is 5.84. The van der Waals surface area contributed by atoms with Crippen molar-refractivity contribution in [3.8, 4) is 5.75 Å². The van der Waals surface area contributed by atoms with Gasteiger partial charge in [-0.1, -0.05) is 48.5 Å². The highest BCUT2D eigenvalue weighted by molar-refractivity contribution is 5.41. The number of para-hydroxylation sites is 1. The van der Waals surface area contributed by atoms with Gasteiger partial charge in [-0.05, 0) is 24.6 Å². The first-order valence-corrected chi connectivity index (χ1v) is 6.45. The molecule has 1 aliphatic heterocycles. The lowest BCUT2D eigenvalue weighted by Gasteiger charge is -2.25. The van der Waals surface area contributed by atoms with Crippen LogP contribution in [0.5, 0.6) is 5.75 Å². The maximum absolute atomic E-state index is 5.84. The Hall–Kier alpha value is -1.80. The van der Waals surface area contributed by atoms with Gasteiger partial charge in [-0.15, -0.1) is 0 Å². The van der Waals surface area contributed by atoms with Crippen LogP contribution in [0.25, 0.3) is 0 Å². The van der Waals surface area contributed by atoms with E-state index in [1.165, 1.54) is 11.1 Å². The van der Waals surface area contributed by atoms with E-state index >= 15 is 0 Å². The molecule has 2 aromatic rings. The van der Waals surface area contributed by atoms with Crippen LogP contribution in [-0.2, 0) is 0 Å². The summed E-state index contributed by atoms with van der Waals surface area (Å²) in [5.74, 6) is 0.999. The quantitative estimate of drug-likeness (QED) is 0.825. The van der Waals surface area contributed by atoms with Gasteiger partial charge < -0.3 is 10.1 Å². The third-order valence-electron chi connectivity index (χ3n) is 3.29. The molecule has 1 atom stereocenters. The lowest BCUT2D eigenvalue weighted by atomic mass is 9.97. The van der Waals surface area contributed by atoms with Crippen molar-refractivity contribution >= 4 is 0 Å². The molecule has 0 aliphatic carbocycles. The number of benzene rings is 2. The van der Waals surface area contributed by atoms with Crippen LogP contribution in [0.3, 0.4) is 0 Å². The Bertz CT molecular complexity index is 510. The fourth-order valence-electron chi connectivity index (χ4n) is 2.40. The Labute approximate surface area is 108 Å². The van der Waals surface area contributed by atoms with Crippen molar-refractivity contribution in [1.82, 2.24) is 5.32 Å². The summed E-state index contributed by atoms with van der Waals surface area (Å²) in [5, 5.41) is 3.61. The molecule has 3 rings (SSSR count). The zero-order valence-corrected chi connectivity index (χ0v) is 10.3. The van der Waals surface area contributed by atoms with E-state index in [1.54, 1.807) is 0 Å². The maximum Gasteiger partial charge on any atom is 0.124 e. The van der Waals surface area contributed by atoms with E-state index in [-0.39, 0.29) is 6.04 Å². The molecule has 0 bridgehead atoms. The van der Waals surface area contributed by atoms with E-state index in [9.17, 15) is 0 Å². The molecular weight excluding hydrogens is 222 g/mol. The Morgan fingerprint density at radius 2 is 1.72 bits per heavy atom. The van der Waals surface area contributed by atoms with E-state index in [4.69, 9.17) is 4.74 Å². The van der Waals surface area contributed by atoms with Gasteiger partial charge in [-0.3, -0.25) is 0 Å². The van der Waals surface area contributed by atoms with Crippen LogP contribution in [0, 0.1) is 0 Å². The van der Waals surface area contributed by atoms with Gasteiger partial charge in [0.25, 0.3) is 0 Å². The van der Waals surface area contributed by atoms with Crippen LogP contribution in [0.1, 0.15) is 23.6 Å². The number of fused-ring (bicyclic) bond motifs is 1. The van der Waals surface area contributed by atoms with Gasteiger partial charge in [-0.25, -0.2) is 0 Å². The zero-order chi connectivity index (χ0) is 12.2. The molecule has 1 aliphatic rings. The molecule has 0 aromatic heterocycles. The van der Waals surface area contributed by atoms with Gasteiger partial charge in [0.2, 0.25) is 0 Å². The fraction of sp³-hybridized carbons (Fsp3) is 0.250. The Morgan fingerprint density at radius 1 is 0.944 bits per heavy atom. The van der Waals surface area contributed by atoms with Crippen LogP contribution >= 0.6 is 0 Å². The monoisotopic (exact) mass is 239 g/mol. The van der Waals surface area contributed by atoms with Crippen LogP contribution in [0.2, 0.25) is 0 Å². The molecule has 1 N–H and O–H groups in total. The second kappa shape index (κ2) is 5.23. The van der Waals surface area contributed by atoms with Crippen molar-refractivity contribution in [2.45, 2.75) is 12.5 Å². The Morgan fingerprint density at radius 3 is 2.61 bits per heavy atom. The molecule has 1 unspecified atom stereocenters. The minimum atomic E-state index is 0.225. The zero-order valence-electron chi connectivity index (χ0n) is 10.3. The Balaban J connectivity index is 2.04. The van der Waals surface area contributed by atoms with Gasteiger partial charge in [0.15, 0.2) is 0 Å². The third-order valence-corrected chi connectivity index (χ3v) is 3.29. The molecule has 2 nitrogen and oxygen atoms in total. The van der Waals surface area contributed by atoms with Crippen molar-refractivity contribution in [2.24, 2.45) is 0 Å². The van der Waals surface area contributed by atoms with Gasteiger partial charge in [0.05, 0.1) is 12.6 Å². The summed E-state index contributed by atoms with van der Waals surface area (Å²) in [6, 6.07) is 19.1. The summed E-state index contributed by atoms with van der Waals surface area (Å²) < 4.78 is 5.84. The number of nitrogens with one attached hydrogen (secondary N) is 1. The average Bonchev–Trinajstić information content (AvgIpc) is 2.41. The molecule has 0 radical (unpaired) electrons. The number of ether oxygens (including phenoxy) is 1. The SMILES string of the molecule is c1ccc(C2NCCCOc3ccccc32)cc1. The normalized spacial score (nSPS) is 19.2. The van der Waals surface area contributed by atoms with Crippen molar-refractivity contribution < 1.29 is 4.74 Å². The number of hydrogen-bond acceptors (Lipinski definition) is 2. The minimum Gasteiger partial charge on any atom is -0.493 e. The van der Waals surface area contributed by atoms with Crippen LogP contribution < -0.4 is 10.1 Å². The molecule has 2 aromatic carbocycles. The molecule has 0 saturated carbocycles. The first-order chi connectivity index (χ1) is 8.95. The first kappa shape index (κ1) is 11.3. The molecule has 0 amide bonds. The van der Waals surface area contributed by atoms with Crippen LogP contribution in [0.15, 0.2) is 54.6 Å². The molecule has 1 heterocycles. The Kier molecular flexibility index (Phi) is 3.29. The van der Waals surface area contributed by atoms with Gasteiger partial charge in [-0.2, -0.15) is 0 Å². The predicted octanol–water partition coefficient (Wildman–Crippen LogP) is 3.15. The standard InChI is InChI=1S/C16H17NO/c1-2-7-13(8-3-1)16-14-9-4-5-10-15(14)18-12-6-11-17-16/h1-5,7-10,16-17H,6,11-12H2. The lowest BCUT2D eigenvalue weighted by molar-refractivity contribution is 0.290. The molecular formula is C16H17NO. The van der Waals surface area contributed by atoms with E-state index in [2.05, 4.69) is 53.8 Å². The second-order valence-electron chi connectivity index (χ2n) is 4.54. The van der Waals surface area contributed by atoms with Crippen molar-refractivity contribution in [3.63, 3.8) is 0 Å². The largest absolute Gasteiger partial charge is 0.493 e. The number of rotatable bonds is 1. The van der Waals surface area contributed by atoms with Gasteiger partial charge >= 0.3 is 0 Å². The van der Waals surface area contributed by atoms with Gasteiger partial charge in [0.1, 0.15) is 5.75 Å². The first-order valence-electron chi connectivity index (χ1n) is 6.45. The molecule has 0 saturated heterocycles. The summed E-state index contributed by atoms with van der Waals surface area (Å²) in [4.78, 5) is 0. The fourth-order valence-corrected chi connectivity index (χ4v) is 2.40. The summed E-state index contributed by atoms with van der Waals surface area (Å²) in [7, 11) is 0. The molecule has 18 heavy (non-hydrogen) atoms. The predicted molar refractivity (Wildman–Crippen MR) is 72.8 cm³/mol. The number of hydrogen-bond donors (Lipinski definition) is 1. The topological polar surface area (TPSA) is 21.3 Å². The summed E-state index contributed by atoms with van der Waals surface area (Å²) in [6.07, 6.45) is 1.04. The van der Waals surface area contributed by atoms with Crippen LogP contribution in [-0.4, -0.2) is 13.2 Å². The summed E-state index contributed by atoms with van der Waals surface area (Å²) >= 11 is 0. The average molecular weight is 239 g/mol. The van der Waals surface area contributed by atoms with E-state index in [1.807, 2.05) is 6.07 Å². The van der Waals surface area contributed by atoms with Gasteiger partial charge in [0, 0.05) is 5.56 Å².